The number of nitrogens with zero attached hydrogens (tertiary/aromatic N) is 2. The van der Waals surface area contributed by atoms with Crippen LogP contribution in [-0.2, 0) is 11.3 Å². The number of thiophene rings is 1. The van der Waals surface area contributed by atoms with E-state index >= 15 is 0 Å². The fraction of sp³-hybridized carbons (Fsp3) is 0.240. The van der Waals surface area contributed by atoms with Gasteiger partial charge >= 0.3 is 5.97 Å². The number of rotatable bonds is 10. The number of hydrogen-bond acceptors (Lipinski definition) is 8. The van der Waals surface area contributed by atoms with Crippen LogP contribution in [0.1, 0.15) is 15.2 Å². The molecule has 0 fully saturated rings. The van der Waals surface area contributed by atoms with Gasteiger partial charge in [-0.25, -0.2) is 9.78 Å². The largest absolute Gasteiger partial charge is 0.497 e. The normalized spacial score (nSPS) is 10.8. The highest BCUT2D eigenvalue weighted by atomic mass is 32.1. The second kappa shape index (κ2) is 10.8. The molecule has 0 aliphatic rings. The molecule has 4 aromatic rings. The summed E-state index contributed by atoms with van der Waals surface area (Å²) in [4.78, 5) is 30.8. The number of hydrogen-bond donors (Lipinski definition) is 0. The van der Waals surface area contributed by atoms with E-state index in [0.717, 1.165) is 17.1 Å². The number of aryl methyl sites for hydroxylation is 1. The minimum absolute atomic E-state index is 0.0990. The molecule has 0 saturated carbocycles. The standard InChI is InChI=1S/C25H24N2O6S/c1-17-21-23(34-22(17)25(29)33-15-14-32-19-6-4-3-5-7-19)26-16-27(24(21)28)12-13-31-20-10-8-18(30-2)9-11-20/h3-11,16H,12-15H2,1-2H3. The maximum atomic E-state index is 13.0. The predicted molar refractivity (Wildman–Crippen MR) is 129 cm³/mol. The Morgan fingerprint density at radius 2 is 1.62 bits per heavy atom. The van der Waals surface area contributed by atoms with Gasteiger partial charge < -0.3 is 18.9 Å². The van der Waals surface area contributed by atoms with Crippen molar-refractivity contribution in [3.63, 3.8) is 0 Å². The number of fused-ring (bicyclic) bond motifs is 1. The van der Waals surface area contributed by atoms with Crippen molar-refractivity contribution < 1.29 is 23.7 Å². The third kappa shape index (κ3) is 5.37. The van der Waals surface area contributed by atoms with Crippen LogP contribution in [0.5, 0.6) is 17.2 Å². The zero-order chi connectivity index (χ0) is 23.9. The van der Waals surface area contributed by atoms with Crippen molar-refractivity contribution in [2.24, 2.45) is 0 Å². The van der Waals surface area contributed by atoms with Crippen LogP contribution in [0.25, 0.3) is 10.2 Å². The molecule has 0 amide bonds. The van der Waals surface area contributed by atoms with Crippen LogP contribution < -0.4 is 19.8 Å². The average molecular weight is 481 g/mol. The first-order valence-electron chi connectivity index (χ1n) is 10.7. The number of aromatic nitrogens is 2. The molecule has 0 radical (unpaired) electrons. The number of carbonyl (C=O) groups excluding carboxylic acids is 1. The summed E-state index contributed by atoms with van der Waals surface area (Å²) in [6.45, 7) is 2.68. The molecule has 0 atom stereocenters. The van der Waals surface area contributed by atoms with Crippen molar-refractivity contribution in [3.8, 4) is 17.2 Å². The van der Waals surface area contributed by atoms with Crippen LogP contribution in [0.2, 0.25) is 0 Å². The monoisotopic (exact) mass is 480 g/mol. The van der Waals surface area contributed by atoms with Gasteiger partial charge in [-0.1, -0.05) is 18.2 Å². The van der Waals surface area contributed by atoms with Crippen LogP contribution in [0, 0.1) is 6.92 Å². The van der Waals surface area contributed by atoms with Crippen LogP contribution in [0.3, 0.4) is 0 Å². The maximum absolute atomic E-state index is 13.0. The van der Waals surface area contributed by atoms with Crippen molar-refractivity contribution >= 4 is 27.5 Å². The molecule has 2 heterocycles. The Morgan fingerprint density at radius 3 is 2.35 bits per heavy atom. The third-order valence-corrected chi connectivity index (χ3v) is 6.27. The summed E-state index contributed by atoms with van der Waals surface area (Å²) in [6, 6.07) is 16.5. The fourth-order valence-corrected chi connectivity index (χ4v) is 4.36. The molecule has 0 aliphatic heterocycles. The molecule has 0 unspecified atom stereocenters. The van der Waals surface area contributed by atoms with Gasteiger partial charge in [0, 0.05) is 0 Å². The first-order valence-corrected chi connectivity index (χ1v) is 11.5. The predicted octanol–water partition coefficient (Wildman–Crippen LogP) is 4.09. The average Bonchev–Trinajstić information content (AvgIpc) is 3.21. The molecule has 9 heteroatoms. The van der Waals surface area contributed by atoms with Crippen molar-refractivity contribution in [2.45, 2.75) is 13.5 Å². The SMILES string of the molecule is COc1ccc(OCCn2cnc3sc(C(=O)OCCOc4ccccc4)c(C)c3c2=O)cc1. The summed E-state index contributed by atoms with van der Waals surface area (Å²) < 4.78 is 23.2. The van der Waals surface area contributed by atoms with Gasteiger partial charge in [0.15, 0.2) is 0 Å². The summed E-state index contributed by atoms with van der Waals surface area (Å²) in [5, 5.41) is 0.421. The summed E-state index contributed by atoms with van der Waals surface area (Å²) in [5.41, 5.74) is 0.348. The Labute approximate surface area is 200 Å². The molecule has 0 spiro atoms. The zero-order valence-electron chi connectivity index (χ0n) is 18.9. The van der Waals surface area contributed by atoms with Gasteiger partial charge in [-0.15, -0.1) is 11.3 Å². The number of methoxy groups -OCH3 is 1. The Kier molecular flexibility index (Phi) is 7.44. The molecule has 0 saturated heterocycles. The Balaban J connectivity index is 1.37. The van der Waals surface area contributed by atoms with Crippen LogP contribution in [-0.4, -0.2) is 42.5 Å². The lowest BCUT2D eigenvalue weighted by Crippen LogP contribution is -2.23. The van der Waals surface area contributed by atoms with E-state index in [0.29, 0.717) is 45.3 Å². The first kappa shape index (κ1) is 23.3. The molecule has 34 heavy (non-hydrogen) atoms. The lowest BCUT2D eigenvalue weighted by atomic mass is 10.2. The molecule has 4 rings (SSSR count). The first-order chi connectivity index (χ1) is 16.6. The number of benzene rings is 2. The zero-order valence-corrected chi connectivity index (χ0v) is 19.7. The Bertz CT molecular complexity index is 1320. The number of carbonyl (C=O) groups is 1. The van der Waals surface area contributed by atoms with E-state index in [4.69, 9.17) is 18.9 Å². The third-order valence-electron chi connectivity index (χ3n) is 5.09. The van der Waals surface area contributed by atoms with Gasteiger partial charge in [-0.2, -0.15) is 0 Å². The Hall–Kier alpha value is -3.85. The van der Waals surface area contributed by atoms with Gasteiger partial charge in [-0.05, 0) is 48.9 Å². The lowest BCUT2D eigenvalue weighted by molar-refractivity contribution is 0.0455. The maximum Gasteiger partial charge on any atom is 0.348 e. The van der Waals surface area contributed by atoms with Crippen molar-refractivity contribution in [2.75, 3.05) is 26.9 Å². The van der Waals surface area contributed by atoms with E-state index in [-0.39, 0.29) is 18.8 Å². The van der Waals surface area contributed by atoms with Crippen LogP contribution in [0.4, 0.5) is 0 Å². The molecule has 2 aromatic carbocycles. The number of ether oxygens (including phenoxy) is 4. The highest BCUT2D eigenvalue weighted by Crippen LogP contribution is 2.27. The summed E-state index contributed by atoms with van der Waals surface area (Å²) in [6.07, 6.45) is 1.47. The second-order valence-electron chi connectivity index (χ2n) is 7.30. The van der Waals surface area contributed by atoms with E-state index in [1.54, 1.807) is 38.3 Å². The van der Waals surface area contributed by atoms with Crippen molar-refractivity contribution in [3.05, 3.63) is 81.7 Å². The second-order valence-corrected chi connectivity index (χ2v) is 8.30. The molecule has 0 N–H and O–H groups in total. The molecule has 2 aromatic heterocycles. The smallest absolute Gasteiger partial charge is 0.348 e. The van der Waals surface area contributed by atoms with E-state index < -0.39 is 5.97 Å². The summed E-state index contributed by atoms with van der Waals surface area (Å²) >= 11 is 1.15. The van der Waals surface area contributed by atoms with E-state index in [1.165, 1.54) is 10.9 Å². The quantitative estimate of drug-likeness (QED) is 0.249. The molecular weight excluding hydrogens is 456 g/mol. The molecule has 0 aliphatic carbocycles. The van der Waals surface area contributed by atoms with Crippen LogP contribution >= 0.6 is 11.3 Å². The topological polar surface area (TPSA) is 88.9 Å². The van der Waals surface area contributed by atoms with Gasteiger partial charge in [0.2, 0.25) is 0 Å². The van der Waals surface area contributed by atoms with Crippen molar-refractivity contribution in [1.29, 1.82) is 0 Å². The summed E-state index contributed by atoms with van der Waals surface area (Å²) in [7, 11) is 1.60. The summed E-state index contributed by atoms with van der Waals surface area (Å²) in [5.74, 6) is 1.63. The van der Waals surface area contributed by atoms with E-state index in [9.17, 15) is 9.59 Å². The molecule has 0 bridgehead atoms. The van der Waals surface area contributed by atoms with Gasteiger partial charge in [0.05, 0.1) is 25.4 Å². The fourth-order valence-electron chi connectivity index (χ4n) is 3.32. The van der Waals surface area contributed by atoms with Crippen molar-refractivity contribution in [1.82, 2.24) is 9.55 Å². The van der Waals surface area contributed by atoms with Gasteiger partial charge in [0.1, 0.15) is 46.8 Å². The van der Waals surface area contributed by atoms with Gasteiger partial charge in [0.25, 0.3) is 5.56 Å². The molecule has 8 nitrogen and oxygen atoms in total. The van der Waals surface area contributed by atoms with E-state index in [2.05, 4.69) is 4.98 Å². The van der Waals surface area contributed by atoms with E-state index in [1.807, 2.05) is 30.3 Å². The van der Waals surface area contributed by atoms with Crippen LogP contribution in [0.15, 0.2) is 65.7 Å². The lowest BCUT2D eigenvalue weighted by Gasteiger charge is -2.09. The Morgan fingerprint density at radius 1 is 0.941 bits per heavy atom. The minimum atomic E-state index is -0.494. The highest BCUT2D eigenvalue weighted by molar-refractivity contribution is 7.20. The highest BCUT2D eigenvalue weighted by Gasteiger charge is 2.20. The minimum Gasteiger partial charge on any atom is -0.497 e. The van der Waals surface area contributed by atoms with Gasteiger partial charge in [-0.3, -0.25) is 9.36 Å². The number of para-hydroxylation sites is 1. The molecular formula is C25H24N2O6S. The number of esters is 1. The molecule has 176 valence electrons.